The van der Waals surface area contributed by atoms with Gasteiger partial charge in [0.05, 0.1) is 36.8 Å². The van der Waals surface area contributed by atoms with Gasteiger partial charge in [-0.2, -0.15) is 22.6 Å². The molecular formula is C32H47F3N6O5S2. The van der Waals surface area contributed by atoms with Gasteiger partial charge in [0, 0.05) is 79.2 Å². The molecule has 1 unspecified atom stereocenters. The molecule has 0 radical (unpaired) electrons. The van der Waals surface area contributed by atoms with Crippen molar-refractivity contribution in [2.75, 3.05) is 64.4 Å². The van der Waals surface area contributed by atoms with Gasteiger partial charge in [-0.1, -0.05) is 12.5 Å². The van der Waals surface area contributed by atoms with E-state index < -0.39 is 34.0 Å². The lowest BCUT2D eigenvalue weighted by molar-refractivity contribution is -0.139. The zero-order valence-electron chi connectivity index (χ0n) is 27.7. The number of aliphatic hydroxyl groups is 1. The minimum atomic E-state index is -4.52. The number of nitrogens with zero attached hydrogens (tertiary/aromatic N) is 5. The Labute approximate surface area is 285 Å². The number of alkyl halides is 3. The quantitative estimate of drug-likeness (QED) is 0.314. The summed E-state index contributed by atoms with van der Waals surface area (Å²) in [7, 11) is -3.52. The van der Waals surface area contributed by atoms with Gasteiger partial charge in [0.1, 0.15) is 0 Å². The van der Waals surface area contributed by atoms with Crippen LogP contribution in [0.5, 0.6) is 0 Å². The molecule has 2 fully saturated rings. The number of β-amino-alcohol motifs (C(OH)–C–C–N with tert-alkyl or cyclic N) is 1. The van der Waals surface area contributed by atoms with Gasteiger partial charge in [-0.25, -0.2) is 13.2 Å². The van der Waals surface area contributed by atoms with Gasteiger partial charge in [0.15, 0.2) is 0 Å². The summed E-state index contributed by atoms with van der Waals surface area (Å²) in [6, 6.07) is 4.04. The predicted octanol–water partition coefficient (Wildman–Crippen LogP) is 4.04. The lowest BCUT2D eigenvalue weighted by Gasteiger charge is -2.33. The molecule has 2 aromatic rings. The molecule has 3 aliphatic heterocycles. The first kappa shape index (κ1) is 36.9. The second-order valence-electron chi connectivity index (χ2n) is 12.9. The largest absolute Gasteiger partial charge is 0.450 e. The number of ether oxygens (including phenoxy) is 1. The molecule has 1 amide bonds. The van der Waals surface area contributed by atoms with E-state index in [1.165, 1.54) is 34.6 Å². The highest BCUT2D eigenvalue weighted by molar-refractivity contribution is 7.99. The third kappa shape index (κ3) is 9.65. The number of fused-ring (bicyclic) bond motifs is 1. The molecule has 0 saturated carbocycles. The predicted molar refractivity (Wildman–Crippen MR) is 178 cm³/mol. The number of aliphatic hydroxyl groups excluding tert-OH is 1. The molecule has 1 aromatic heterocycles. The van der Waals surface area contributed by atoms with Gasteiger partial charge < -0.3 is 25.0 Å². The van der Waals surface area contributed by atoms with E-state index in [4.69, 9.17) is 9.84 Å². The summed E-state index contributed by atoms with van der Waals surface area (Å²) < 4.78 is 75.3. The van der Waals surface area contributed by atoms with Crippen LogP contribution in [-0.2, 0) is 40.4 Å². The van der Waals surface area contributed by atoms with Crippen molar-refractivity contribution in [3.8, 4) is 11.3 Å². The topological polar surface area (TPSA) is 120 Å². The number of thioether (sulfide) groups is 1. The zero-order chi connectivity index (χ0) is 34.5. The maximum atomic E-state index is 14.1. The van der Waals surface area contributed by atoms with Crippen molar-refractivity contribution in [1.29, 1.82) is 0 Å². The number of hydrogen-bond donors (Lipinski definition) is 2. The molecule has 0 spiro atoms. The van der Waals surface area contributed by atoms with Gasteiger partial charge in [-0.3, -0.25) is 4.68 Å². The van der Waals surface area contributed by atoms with E-state index in [0.717, 1.165) is 56.8 Å². The van der Waals surface area contributed by atoms with Crippen LogP contribution in [0.3, 0.4) is 0 Å². The minimum Gasteiger partial charge on any atom is -0.450 e. The minimum absolute atomic E-state index is 0.00693. The summed E-state index contributed by atoms with van der Waals surface area (Å²) in [5.74, 6) is 0.517. The molecule has 48 heavy (non-hydrogen) atoms. The fourth-order valence-corrected chi connectivity index (χ4v) is 8.68. The lowest BCUT2D eigenvalue weighted by atomic mass is 10.0. The number of amides is 1. The number of carbonyl (C=O) groups excluding carboxylic acids is 1. The summed E-state index contributed by atoms with van der Waals surface area (Å²) in [5.41, 5.74) is 1.65. The Morgan fingerprint density at radius 3 is 2.50 bits per heavy atom. The van der Waals surface area contributed by atoms with Crippen LogP contribution < -0.4 is 5.32 Å². The molecule has 0 bridgehead atoms. The number of piperidine rings is 2. The number of likely N-dealkylation sites (tertiary alicyclic amines) is 2. The van der Waals surface area contributed by atoms with E-state index in [2.05, 4.69) is 15.1 Å². The van der Waals surface area contributed by atoms with E-state index in [1.54, 1.807) is 11.6 Å². The molecular weight excluding hydrogens is 670 g/mol. The van der Waals surface area contributed by atoms with Crippen molar-refractivity contribution in [2.24, 2.45) is 0 Å². The van der Waals surface area contributed by atoms with E-state index in [-0.39, 0.29) is 30.6 Å². The maximum Gasteiger partial charge on any atom is 0.417 e. The van der Waals surface area contributed by atoms with Gasteiger partial charge >= 0.3 is 12.3 Å². The monoisotopic (exact) mass is 716 g/mol. The Bertz CT molecular complexity index is 1510. The highest BCUT2D eigenvalue weighted by atomic mass is 32.2. The van der Waals surface area contributed by atoms with Crippen LogP contribution in [-0.4, -0.2) is 120 Å². The first-order chi connectivity index (χ1) is 22.8. The molecule has 1 atom stereocenters. The highest BCUT2D eigenvalue weighted by Gasteiger charge is 2.35. The van der Waals surface area contributed by atoms with E-state index in [0.29, 0.717) is 61.8 Å². The molecule has 16 heteroatoms. The van der Waals surface area contributed by atoms with Crippen LogP contribution in [0.4, 0.5) is 18.0 Å². The third-order valence-corrected chi connectivity index (χ3v) is 11.6. The van der Waals surface area contributed by atoms with Crippen molar-refractivity contribution < 1.29 is 36.2 Å². The Balaban J connectivity index is 1.34. The number of aromatic nitrogens is 2. The zero-order valence-corrected chi connectivity index (χ0v) is 29.3. The number of nitrogens with one attached hydrogen (secondary N) is 1. The SMILES string of the molecule is CCOC(=O)NC1CCN(CC(O)Cn2nc(-c3ccc(C(F)(F)F)c(SCCN4CCCCC4)c3)c3c2CCN(S(C)(=O)=O)C3)CC1. The molecule has 1 aromatic carbocycles. The first-order valence-electron chi connectivity index (χ1n) is 16.8. The van der Waals surface area contributed by atoms with Crippen molar-refractivity contribution in [2.45, 2.75) is 81.8 Å². The molecule has 2 N–H and O–H groups in total. The second-order valence-corrected chi connectivity index (χ2v) is 16.0. The van der Waals surface area contributed by atoms with Gasteiger partial charge in [-0.15, -0.1) is 11.8 Å². The summed E-state index contributed by atoms with van der Waals surface area (Å²) in [5, 5.41) is 18.8. The number of rotatable bonds is 12. The summed E-state index contributed by atoms with van der Waals surface area (Å²) in [6.45, 7) is 6.89. The lowest BCUT2D eigenvalue weighted by Crippen LogP contribution is -2.47. The van der Waals surface area contributed by atoms with Gasteiger partial charge in [-0.05, 0) is 57.8 Å². The molecule has 0 aliphatic carbocycles. The number of hydrogen-bond acceptors (Lipinski definition) is 9. The smallest absolute Gasteiger partial charge is 0.417 e. The van der Waals surface area contributed by atoms with Crippen LogP contribution in [0.2, 0.25) is 0 Å². The molecule has 4 heterocycles. The standard InChI is InChI=1S/C32H47F3N6O5S2/c1-3-46-31(43)36-24-9-14-39(15-10-24)20-25(42)21-41-28-11-16-40(48(2,44)45)22-26(28)30(37-41)23-7-8-27(32(33,34)35)29(19-23)47-18-17-38-12-5-4-6-13-38/h7-8,19,24-25,42H,3-6,9-18,20-22H2,1-2H3,(H,36,43). The van der Waals surface area contributed by atoms with E-state index in [1.807, 2.05) is 0 Å². The fraction of sp³-hybridized carbons (Fsp3) is 0.688. The summed E-state index contributed by atoms with van der Waals surface area (Å²) in [6.07, 6.45) is 0.606. The Morgan fingerprint density at radius 1 is 1.10 bits per heavy atom. The van der Waals surface area contributed by atoms with Crippen molar-refractivity contribution in [3.63, 3.8) is 0 Å². The molecule has 5 rings (SSSR count). The Morgan fingerprint density at radius 2 is 1.83 bits per heavy atom. The number of sulfonamides is 1. The third-order valence-electron chi connectivity index (χ3n) is 9.28. The normalized spacial score (nSPS) is 19.6. The first-order valence-corrected chi connectivity index (χ1v) is 19.6. The van der Waals surface area contributed by atoms with Gasteiger partial charge in [0.25, 0.3) is 0 Å². The van der Waals surface area contributed by atoms with Crippen LogP contribution in [0.15, 0.2) is 23.1 Å². The molecule has 268 valence electrons. The van der Waals surface area contributed by atoms with Gasteiger partial charge in [0.2, 0.25) is 10.0 Å². The maximum absolute atomic E-state index is 14.1. The number of halogens is 3. The van der Waals surface area contributed by atoms with Crippen LogP contribution >= 0.6 is 11.8 Å². The number of benzene rings is 1. The summed E-state index contributed by atoms with van der Waals surface area (Å²) in [4.78, 5) is 16.3. The van der Waals surface area contributed by atoms with Crippen LogP contribution in [0, 0.1) is 0 Å². The Hall–Kier alpha value is -2.37. The molecule has 2 saturated heterocycles. The average molecular weight is 717 g/mol. The summed E-state index contributed by atoms with van der Waals surface area (Å²) >= 11 is 1.18. The fourth-order valence-electron chi connectivity index (χ4n) is 6.78. The van der Waals surface area contributed by atoms with Crippen LogP contribution in [0.1, 0.15) is 55.8 Å². The van der Waals surface area contributed by atoms with Crippen molar-refractivity contribution in [3.05, 3.63) is 35.0 Å². The van der Waals surface area contributed by atoms with Crippen molar-refractivity contribution in [1.82, 2.24) is 29.2 Å². The molecule has 11 nitrogen and oxygen atoms in total. The second kappa shape index (κ2) is 16.1. The highest BCUT2D eigenvalue weighted by Crippen LogP contribution is 2.40. The number of carbonyl (C=O) groups is 1. The average Bonchev–Trinajstić information content (AvgIpc) is 3.39. The number of alkyl carbamates (subject to hydrolysis) is 1. The van der Waals surface area contributed by atoms with E-state index in [9.17, 15) is 31.5 Å². The molecule has 3 aliphatic rings. The van der Waals surface area contributed by atoms with Crippen molar-refractivity contribution >= 4 is 27.9 Å². The van der Waals surface area contributed by atoms with E-state index >= 15 is 0 Å². The van der Waals surface area contributed by atoms with Crippen LogP contribution in [0.25, 0.3) is 11.3 Å². The Kier molecular flexibility index (Phi) is 12.4.